The number of morpholine rings is 1. The van der Waals surface area contributed by atoms with Crippen molar-refractivity contribution in [1.29, 1.82) is 0 Å². The van der Waals surface area contributed by atoms with Gasteiger partial charge >= 0.3 is 0 Å². The Bertz CT molecular complexity index is 1100. The first-order valence-corrected chi connectivity index (χ1v) is 10.9. The number of carbonyl (C=O) groups is 2. The van der Waals surface area contributed by atoms with Crippen molar-refractivity contribution in [1.82, 2.24) is 4.90 Å². The first kappa shape index (κ1) is 22.9. The Morgan fingerprint density at radius 2 is 1.61 bits per heavy atom. The van der Waals surface area contributed by atoms with E-state index < -0.39 is 29.1 Å². The number of ether oxygens (including phenoxy) is 2. The van der Waals surface area contributed by atoms with E-state index in [0.717, 1.165) is 18.2 Å². The molecule has 4 rings (SSSR count). The first-order valence-electron chi connectivity index (χ1n) is 10.9. The molecule has 8 heteroatoms. The molecule has 174 valence electrons. The van der Waals surface area contributed by atoms with Crippen molar-refractivity contribution in [2.45, 2.75) is 46.0 Å². The third-order valence-electron chi connectivity index (χ3n) is 5.46. The molecule has 0 aliphatic carbocycles. The van der Waals surface area contributed by atoms with Crippen LogP contribution in [-0.4, -0.2) is 48.1 Å². The van der Waals surface area contributed by atoms with Gasteiger partial charge in [-0.05, 0) is 57.5 Å². The monoisotopic (exact) mass is 456 g/mol. The number of nitrogens with zero attached hydrogens (tertiary/aromatic N) is 2. The van der Waals surface area contributed by atoms with E-state index in [9.17, 15) is 18.4 Å². The highest BCUT2D eigenvalue weighted by Crippen LogP contribution is 2.37. The summed E-state index contributed by atoms with van der Waals surface area (Å²) in [7, 11) is 0. The minimum atomic E-state index is -0.858. The maximum atomic E-state index is 14.6. The van der Waals surface area contributed by atoms with Gasteiger partial charge in [-0.25, -0.2) is 13.7 Å². The van der Waals surface area contributed by atoms with Crippen LogP contribution in [0.1, 0.15) is 33.3 Å². The Morgan fingerprint density at radius 1 is 0.970 bits per heavy atom. The summed E-state index contributed by atoms with van der Waals surface area (Å²) >= 11 is 0. The van der Waals surface area contributed by atoms with E-state index >= 15 is 0 Å². The van der Waals surface area contributed by atoms with Gasteiger partial charge in [0.25, 0.3) is 11.8 Å². The summed E-state index contributed by atoms with van der Waals surface area (Å²) in [5, 5.41) is 0. The van der Waals surface area contributed by atoms with Crippen molar-refractivity contribution in [2.75, 3.05) is 18.0 Å². The van der Waals surface area contributed by atoms with E-state index in [0.29, 0.717) is 29.3 Å². The van der Waals surface area contributed by atoms with Gasteiger partial charge in [0.15, 0.2) is 0 Å². The fourth-order valence-corrected chi connectivity index (χ4v) is 4.28. The number of hydrogen-bond acceptors (Lipinski definition) is 5. The standard InChI is InChI=1S/C25H26F2N2O4/c1-14(2)32-19-8-5-17(6-9-19)22-23(28-12-15(3)33-16(4)13-28)25(31)29(24(22)30)21-11-18(26)7-10-20(21)27/h5-11,14-16H,12-13H2,1-4H3. The van der Waals surface area contributed by atoms with E-state index in [1.807, 2.05) is 27.7 Å². The predicted molar refractivity (Wildman–Crippen MR) is 120 cm³/mol. The second kappa shape index (κ2) is 8.94. The van der Waals surface area contributed by atoms with Crippen LogP contribution in [0.5, 0.6) is 5.75 Å². The lowest BCUT2D eigenvalue weighted by Crippen LogP contribution is -2.47. The van der Waals surface area contributed by atoms with Crippen molar-refractivity contribution < 1.29 is 27.8 Å². The molecule has 2 aromatic rings. The molecule has 2 aromatic carbocycles. The van der Waals surface area contributed by atoms with Crippen LogP contribution in [0.3, 0.4) is 0 Å². The number of amides is 2. The lowest BCUT2D eigenvalue weighted by Gasteiger charge is -2.37. The molecule has 2 atom stereocenters. The summed E-state index contributed by atoms with van der Waals surface area (Å²) in [5.74, 6) is -2.38. The quantitative estimate of drug-likeness (QED) is 0.633. The molecular formula is C25H26F2N2O4. The average molecular weight is 456 g/mol. The minimum absolute atomic E-state index is 0.0249. The van der Waals surface area contributed by atoms with Gasteiger partial charge in [-0.3, -0.25) is 9.59 Å². The zero-order chi connectivity index (χ0) is 23.9. The Hall–Kier alpha value is -3.26. The SMILES string of the molecule is CC(C)Oc1ccc(C2=C(N3CC(C)OC(C)C3)C(=O)N(c3cc(F)ccc3F)C2=O)cc1. The molecule has 2 heterocycles. The predicted octanol–water partition coefficient (Wildman–Crippen LogP) is 4.15. The number of benzene rings is 2. The van der Waals surface area contributed by atoms with E-state index in [1.54, 1.807) is 29.2 Å². The zero-order valence-electron chi connectivity index (χ0n) is 19.0. The topological polar surface area (TPSA) is 59.1 Å². The second-order valence-corrected chi connectivity index (χ2v) is 8.62. The summed E-state index contributed by atoms with van der Waals surface area (Å²) in [4.78, 5) is 29.6. The van der Waals surface area contributed by atoms with Crippen molar-refractivity contribution in [2.24, 2.45) is 0 Å². The minimum Gasteiger partial charge on any atom is -0.491 e. The Kier molecular flexibility index (Phi) is 6.21. The highest BCUT2D eigenvalue weighted by molar-refractivity contribution is 6.45. The van der Waals surface area contributed by atoms with Gasteiger partial charge < -0.3 is 14.4 Å². The maximum Gasteiger partial charge on any atom is 0.282 e. The number of imide groups is 1. The second-order valence-electron chi connectivity index (χ2n) is 8.62. The molecule has 2 aliphatic rings. The lowest BCUT2D eigenvalue weighted by molar-refractivity contribution is -0.121. The van der Waals surface area contributed by atoms with Crippen LogP contribution in [0.2, 0.25) is 0 Å². The summed E-state index contributed by atoms with van der Waals surface area (Å²) in [5.41, 5.74) is 0.376. The maximum absolute atomic E-state index is 14.6. The third-order valence-corrected chi connectivity index (χ3v) is 5.46. The molecule has 2 unspecified atom stereocenters. The fourth-order valence-electron chi connectivity index (χ4n) is 4.28. The molecule has 0 aromatic heterocycles. The van der Waals surface area contributed by atoms with Crippen molar-refractivity contribution in [3.05, 3.63) is 65.4 Å². The van der Waals surface area contributed by atoms with Gasteiger partial charge in [0.05, 0.1) is 29.6 Å². The molecule has 2 aliphatic heterocycles. The largest absolute Gasteiger partial charge is 0.491 e. The van der Waals surface area contributed by atoms with Crippen LogP contribution in [0.15, 0.2) is 48.2 Å². The molecule has 1 fully saturated rings. The van der Waals surface area contributed by atoms with Crippen LogP contribution in [0.4, 0.5) is 14.5 Å². The molecule has 1 saturated heterocycles. The zero-order valence-corrected chi connectivity index (χ0v) is 19.0. The van der Waals surface area contributed by atoms with Crippen molar-refractivity contribution in [3.8, 4) is 5.75 Å². The Morgan fingerprint density at radius 3 is 2.21 bits per heavy atom. The van der Waals surface area contributed by atoms with Crippen LogP contribution in [-0.2, 0) is 14.3 Å². The van der Waals surface area contributed by atoms with Gasteiger partial charge in [0, 0.05) is 19.2 Å². The molecular weight excluding hydrogens is 430 g/mol. The van der Waals surface area contributed by atoms with Gasteiger partial charge in [-0.15, -0.1) is 0 Å². The van der Waals surface area contributed by atoms with Crippen molar-refractivity contribution >= 4 is 23.1 Å². The molecule has 2 amide bonds. The molecule has 0 N–H and O–H groups in total. The van der Waals surface area contributed by atoms with Crippen molar-refractivity contribution in [3.63, 3.8) is 0 Å². The molecule has 33 heavy (non-hydrogen) atoms. The average Bonchev–Trinajstić information content (AvgIpc) is 2.99. The lowest BCUT2D eigenvalue weighted by atomic mass is 10.0. The third kappa shape index (κ3) is 4.48. The normalized spacial score (nSPS) is 21.4. The summed E-state index contributed by atoms with van der Waals surface area (Å²) < 4.78 is 39.9. The van der Waals surface area contributed by atoms with Gasteiger partial charge in [-0.1, -0.05) is 12.1 Å². The highest BCUT2D eigenvalue weighted by Gasteiger charge is 2.44. The number of halogens is 2. The van der Waals surface area contributed by atoms with Gasteiger partial charge in [0.2, 0.25) is 0 Å². The molecule has 0 saturated carbocycles. The highest BCUT2D eigenvalue weighted by atomic mass is 19.1. The Balaban J connectivity index is 1.82. The number of hydrogen-bond donors (Lipinski definition) is 0. The molecule has 0 spiro atoms. The molecule has 6 nitrogen and oxygen atoms in total. The van der Waals surface area contributed by atoms with Gasteiger partial charge in [-0.2, -0.15) is 0 Å². The van der Waals surface area contributed by atoms with Gasteiger partial charge in [0.1, 0.15) is 23.1 Å². The van der Waals surface area contributed by atoms with E-state index in [2.05, 4.69) is 0 Å². The molecule has 0 radical (unpaired) electrons. The molecule has 0 bridgehead atoms. The smallest absolute Gasteiger partial charge is 0.282 e. The number of rotatable bonds is 5. The van der Waals surface area contributed by atoms with Crippen LogP contribution in [0, 0.1) is 11.6 Å². The number of anilines is 1. The van der Waals surface area contributed by atoms with E-state index in [4.69, 9.17) is 9.47 Å². The summed E-state index contributed by atoms with van der Waals surface area (Å²) in [6, 6.07) is 9.52. The fraction of sp³-hybridized carbons (Fsp3) is 0.360. The first-order chi connectivity index (χ1) is 15.7. The number of carbonyl (C=O) groups excluding carboxylic acids is 2. The van der Waals surface area contributed by atoms with E-state index in [1.165, 1.54) is 0 Å². The van der Waals surface area contributed by atoms with Crippen LogP contribution in [0.25, 0.3) is 5.57 Å². The van der Waals surface area contributed by atoms with E-state index in [-0.39, 0.29) is 29.6 Å². The Labute approximate surface area is 191 Å². The van der Waals surface area contributed by atoms with Crippen LogP contribution >= 0.6 is 0 Å². The summed E-state index contributed by atoms with van der Waals surface area (Å²) in [6.07, 6.45) is -0.373. The summed E-state index contributed by atoms with van der Waals surface area (Å²) in [6.45, 7) is 8.34. The van der Waals surface area contributed by atoms with Crippen LogP contribution < -0.4 is 9.64 Å².